The van der Waals surface area contributed by atoms with Crippen LogP contribution in [0.5, 0.6) is 5.75 Å². The van der Waals surface area contributed by atoms with E-state index in [0.29, 0.717) is 27.8 Å². The van der Waals surface area contributed by atoms with E-state index in [1.807, 2.05) is 32.0 Å². The van der Waals surface area contributed by atoms with E-state index in [4.69, 9.17) is 0 Å². The van der Waals surface area contributed by atoms with Crippen molar-refractivity contribution in [3.05, 3.63) is 82.7 Å². The summed E-state index contributed by atoms with van der Waals surface area (Å²) in [6.45, 7) is 0.966. The Bertz CT molecular complexity index is 1300. The molecule has 0 atom stereocenters. The minimum Gasteiger partial charge on any atom is -0.434 e. The molecule has 0 aliphatic carbocycles. The van der Waals surface area contributed by atoms with Crippen molar-refractivity contribution in [1.82, 2.24) is 24.9 Å². The minimum atomic E-state index is -2.93. The topological polar surface area (TPSA) is 81.4 Å². The Balaban J connectivity index is 1.45. The van der Waals surface area contributed by atoms with Crippen LogP contribution in [0.3, 0.4) is 0 Å². The fourth-order valence-electron chi connectivity index (χ4n) is 3.35. The molecule has 10 heteroatoms. The number of alkyl halides is 2. The largest absolute Gasteiger partial charge is 0.434 e. The summed E-state index contributed by atoms with van der Waals surface area (Å²) in [5, 5.41) is 7.83. The molecule has 33 heavy (non-hydrogen) atoms. The quantitative estimate of drug-likeness (QED) is 0.381. The molecular weight excluding hydrogens is 448 g/mol. The number of thioether (sulfide) groups is 1. The lowest BCUT2D eigenvalue weighted by atomic mass is 10.1. The molecule has 0 bridgehead atoms. The summed E-state index contributed by atoms with van der Waals surface area (Å²) in [5.41, 5.74) is 3.56. The second kappa shape index (κ2) is 9.95. The van der Waals surface area contributed by atoms with Crippen LogP contribution < -0.4 is 10.1 Å². The summed E-state index contributed by atoms with van der Waals surface area (Å²) >= 11 is 1.40. The smallest absolute Gasteiger partial charge is 0.387 e. The normalized spacial score (nSPS) is 11.2. The number of hydrogen-bond donors (Lipinski definition) is 1. The molecule has 1 amide bonds. The fourth-order valence-corrected chi connectivity index (χ4v) is 4.17. The number of aryl methyl sites for hydroxylation is 2. The van der Waals surface area contributed by atoms with Crippen molar-refractivity contribution in [1.29, 1.82) is 0 Å². The molecule has 0 saturated carbocycles. The lowest BCUT2D eigenvalue weighted by Gasteiger charge is -2.12. The number of amides is 1. The maximum Gasteiger partial charge on any atom is 0.387 e. The van der Waals surface area contributed by atoms with Gasteiger partial charge in [0, 0.05) is 34.8 Å². The molecule has 170 valence electrons. The summed E-state index contributed by atoms with van der Waals surface area (Å²) in [5.74, 6) is 0.734. The molecule has 0 spiro atoms. The summed E-state index contributed by atoms with van der Waals surface area (Å²) in [6, 6.07) is 15.5. The van der Waals surface area contributed by atoms with Gasteiger partial charge in [-0.05, 0) is 37.6 Å². The Hall–Kier alpha value is -3.53. The minimum absolute atomic E-state index is 0.0358. The predicted molar refractivity (Wildman–Crippen MR) is 121 cm³/mol. The van der Waals surface area contributed by atoms with Gasteiger partial charge in [0.2, 0.25) is 5.16 Å². The third-order valence-corrected chi connectivity index (χ3v) is 5.73. The zero-order valence-electron chi connectivity index (χ0n) is 18.0. The molecule has 0 fully saturated rings. The Labute approximate surface area is 193 Å². The molecule has 0 aliphatic rings. The fraction of sp³-hybridized carbons (Fsp3) is 0.217. The van der Waals surface area contributed by atoms with Gasteiger partial charge in [-0.2, -0.15) is 13.8 Å². The highest BCUT2D eigenvalue weighted by Gasteiger charge is 2.15. The molecule has 7 nitrogen and oxygen atoms in total. The highest BCUT2D eigenvalue weighted by Crippen LogP contribution is 2.24. The van der Waals surface area contributed by atoms with Gasteiger partial charge in [0.15, 0.2) is 0 Å². The highest BCUT2D eigenvalue weighted by atomic mass is 32.2. The molecular formula is C23H21F2N5O2S. The standard InChI is InChI=1S/C23H21F2N5O2S/c1-14-11-15(2)30-22(27-14)28-23(29-30)33-13-17-8-3-5-9-18(17)20(31)26-12-16-7-4-6-10-19(16)32-21(24)25/h3-11,21H,12-13H2,1-2H3,(H,26,31). The summed E-state index contributed by atoms with van der Waals surface area (Å²) in [7, 11) is 0. The van der Waals surface area contributed by atoms with Gasteiger partial charge in [-0.3, -0.25) is 4.79 Å². The van der Waals surface area contributed by atoms with E-state index in [0.717, 1.165) is 17.0 Å². The molecule has 0 radical (unpaired) electrons. The molecule has 2 heterocycles. The van der Waals surface area contributed by atoms with Crippen molar-refractivity contribution in [3.63, 3.8) is 0 Å². The molecule has 0 aliphatic heterocycles. The van der Waals surface area contributed by atoms with E-state index < -0.39 is 6.61 Å². The number of benzene rings is 2. The Morgan fingerprint density at radius 2 is 1.82 bits per heavy atom. The maximum absolute atomic E-state index is 12.9. The maximum atomic E-state index is 12.9. The van der Waals surface area contributed by atoms with Gasteiger partial charge in [0.25, 0.3) is 11.7 Å². The Morgan fingerprint density at radius 1 is 1.09 bits per heavy atom. The van der Waals surface area contributed by atoms with E-state index >= 15 is 0 Å². The number of aromatic nitrogens is 4. The number of nitrogens with zero attached hydrogens (tertiary/aromatic N) is 4. The van der Waals surface area contributed by atoms with Crippen LogP contribution in [0, 0.1) is 13.8 Å². The zero-order chi connectivity index (χ0) is 23.4. The van der Waals surface area contributed by atoms with Gasteiger partial charge >= 0.3 is 6.61 Å². The van der Waals surface area contributed by atoms with Crippen LogP contribution in [0.4, 0.5) is 8.78 Å². The van der Waals surface area contributed by atoms with Gasteiger partial charge in [-0.25, -0.2) is 9.50 Å². The first kappa shape index (κ1) is 22.7. The van der Waals surface area contributed by atoms with Gasteiger partial charge in [-0.15, -0.1) is 5.10 Å². The van der Waals surface area contributed by atoms with Crippen molar-refractivity contribution in [2.75, 3.05) is 0 Å². The summed E-state index contributed by atoms with van der Waals surface area (Å²) in [4.78, 5) is 21.7. The molecule has 0 saturated heterocycles. The van der Waals surface area contributed by atoms with Crippen molar-refractivity contribution in [2.24, 2.45) is 0 Å². The van der Waals surface area contributed by atoms with Crippen LogP contribution >= 0.6 is 11.8 Å². The molecule has 0 unspecified atom stereocenters. The SMILES string of the molecule is Cc1cc(C)n2nc(SCc3ccccc3C(=O)NCc3ccccc3OC(F)F)nc2n1. The lowest BCUT2D eigenvalue weighted by Crippen LogP contribution is -2.24. The van der Waals surface area contributed by atoms with E-state index in [-0.39, 0.29) is 18.2 Å². The van der Waals surface area contributed by atoms with Crippen LogP contribution in [-0.4, -0.2) is 32.1 Å². The van der Waals surface area contributed by atoms with E-state index in [1.165, 1.54) is 17.8 Å². The first-order valence-electron chi connectivity index (χ1n) is 10.1. The number of fused-ring (bicyclic) bond motifs is 1. The number of hydrogen-bond acceptors (Lipinski definition) is 6. The third-order valence-electron chi connectivity index (χ3n) is 4.85. The van der Waals surface area contributed by atoms with E-state index in [9.17, 15) is 13.6 Å². The van der Waals surface area contributed by atoms with Gasteiger partial charge in [0.1, 0.15) is 5.75 Å². The van der Waals surface area contributed by atoms with Gasteiger partial charge in [0.05, 0.1) is 0 Å². The van der Waals surface area contributed by atoms with Crippen LogP contribution in [0.15, 0.2) is 59.8 Å². The first-order valence-corrected chi connectivity index (χ1v) is 11.1. The first-order chi connectivity index (χ1) is 15.9. The highest BCUT2D eigenvalue weighted by molar-refractivity contribution is 7.98. The van der Waals surface area contributed by atoms with E-state index in [2.05, 4.69) is 25.1 Å². The number of nitrogens with one attached hydrogen (secondary N) is 1. The third kappa shape index (κ3) is 5.46. The molecule has 2 aromatic carbocycles. The number of rotatable bonds is 8. The number of carbonyl (C=O) groups excluding carboxylic acids is 1. The second-order valence-corrected chi connectivity index (χ2v) is 8.20. The number of halogens is 2. The average Bonchev–Trinajstić information content (AvgIpc) is 3.20. The van der Waals surface area contributed by atoms with Crippen LogP contribution in [0.25, 0.3) is 5.78 Å². The average molecular weight is 470 g/mol. The van der Waals surface area contributed by atoms with Crippen molar-refractivity contribution >= 4 is 23.4 Å². The zero-order valence-corrected chi connectivity index (χ0v) is 18.8. The number of para-hydroxylation sites is 1. The van der Waals surface area contributed by atoms with Crippen LogP contribution in [-0.2, 0) is 12.3 Å². The van der Waals surface area contributed by atoms with Crippen LogP contribution in [0.1, 0.15) is 32.9 Å². The van der Waals surface area contributed by atoms with E-state index in [1.54, 1.807) is 34.8 Å². The molecule has 2 aromatic heterocycles. The monoisotopic (exact) mass is 469 g/mol. The molecule has 1 N–H and O–H groups in total. The lowest BCUT2D eigenvalue weighted by molar-refractivity contribution is -0.0504. The Morgan fingerprint density at radius 3 is 2.61 bits per heavy atom. The van der Waals surface area contributed by atoms with Crippen molar-refractivity contribution < 1.29 is 18.3 Å². The molecule has 4 aromatic rings. The van der Waals surface area contributed by atoms with Crippen molar-refractivity contribution in [2.45, 2.75) is 37.9 Å². The summed E-state index contributed by atoms with van der Waals surface area (Å²) in [6.07, 6.45) is 0. The number of ether oxygens (including phenoxy) is 1. The Kier molecular flexibility index (Phi) is 6.83. The summed E-state index contributed by atoms with van der Waals surface area (Å²) < 4.78 is 31.5. The van der Waals surface area contributed by atoms with Gasteiger partial charge < -0.3 is 10.1 Å². The second-order valence-electron chi connectivity index (χ2n) is 7.26. The predicted octanol–water partition coefficient (Wildman–Crippen LogP) is 4.56. The van der Waals surface area contributed by atoms with Gasteiger partial charge in [-0.1, -0.05) is 48.2 Å². The number of carbonyl (C=O) groups is 1. The van der Waals surface area contributed by atoms with Crippen molar-refractivity contribution in [3.8, 4) is 5.75 Å². The van der Waals surface area contributed by atoms with Crippen LogP contribution in [0.2, 0.25) is 0 Å². The molecule has 4 rings (SSSR count).